The van der Waals surface area contributed by atoms with Gasteiger partial charge in [0.15, 0.2) is 5.82 Å². The molecule has 1 aliphatic heterocycles. The number of piperidine rings is 1. The van der Waals surface area contributed by atoms with Crippen molar-refractivity contribution in [3.05, 3.63) is 35.9 Å². The Bertz CT molecular complexity index is 591. The van der Waals surface area contributed by atoms with E-state index in [-0.39, 0.29) is 5.82 Å². The van der Waals surface area contributed by atoms with Gasteiger partial charge in [-0.05, 0) is 50.5 Å². The van der Waals surface area contributed by atoms with Crippen LogP contribution >= 0.6 is 0 Å². The van der Waals surface area contributed by atoms with Crippen LogP contribution in [0.25, 0.3) is 11.3 Å². The lowest BCUT2D eigenvalue weighted by Crippen LogP contribution is -2.31. The Balaban J connectivity index is 2.03. The molecular weight excluding hydrogens is 255 g/mol. The Morgan fingerprint density at radius 1 is 1.00 bits per heavy atom. The van der Waals surface area contributed by atoms with E-state index in [1.54, 1.807) is 12.1 Å². The van der Waals surface area contributed by atoms with Gasteiger partial charge in [0.2, 0.25) is 0 Å². The van der Waals surface area contributed by atoms with Crippen LogP contribution in [-0.2, 0) is 0 Å². The molecule has 3 rings (SSSR count). The number of hydrogen-bond acceptors (Lipinski definition) is 4. The predicted molar refractivity (Wildman–Crippen MR) is 76.0 cm³/mol. The molecule has 0 saturated carbocycles. The van der Waals surface area contributed by atoms with Crippen molar-refractivity contribution in [3.63, 3.8) is 0 Å². The molecule has 5 heteroatoms. The van der Waals surface area contributed by atoms with Gasteiger partial charge in [-0.3, -0.25) is 0 Å². The van der Waals surface area contributed by atoms with Crippen molar-refractivity contribution in [2.24, 2.45) is 0 Å². The maximum Gasteiger partial charge on any atom is 0.159 e. The number of anilines is 1. The molecule has 1 aromatic heterocycles. The van der Waals surface area contributed by atoms with Gasteiger partial charge in [-0.1, -0.05) is 0 Å². The molecule has 0 amide bonds. The average molecular weight is 272 g/mol. The first-order valence-electron chi connectivity index (χ1n) is 6.96. The second kappa shape index (κ2) is 5.53. The molecule has 1 saturated heterocycles. The Morgan fingerprint density at radius 3 is 2.40 bits per heavy atom. The highest BCUT2D eigenvalue weighted by Crippen LogP contribution is 2.28. The quantitative estimate of drug-likeness (QED) is 0.843. The van der Waals surface area contributed by atoms with Crippen molar-refractivity contribution in [3.8, 4) is 11.3 Å². The van der Waals surface area contributed by atoms with E-state index >= 15 is 0 Å². The van der Waals surface area contributed by atoms with Gasteiger partial charge in [0, 0.05) is 18.7 Å². The fourth-order valence-electron chi connectivity index (χ4n) is 2.52. The van der Waals surface area contributed by atoms with Gasteiger partial charge < -0.3 is 4.90 Å². The molecule has 1 aliphatic rings. The van der Waals surface area contributed by atoms with E-state index in [0.717, 1.165) is 30.2 Å². The number of halogens is 1. The van der Waals surface area contributed by atoms with Crippen molar-refractivity contribution in [2.45, 2.75) is 26.2 Å². The van der Waals surface area contributed by atoms with Crippen LogP contribution < -0.4 is 4.90 Å². The van der Waals surface area contributed by atoms with Crippen LogP contribution in [0.2, 0.25) is 0 Å². The highest BCUT2D eigenvalue weighted by Gasteiger charge is 2.19. The molecule has 0 bridgehead atoms. The number of nitrogens with zero attached hydrogens (tertiary/aromatic N) is 4. The Labute approximate surface area is 117 Å². The zero-order valence-corrected chi connectivity index (χ0v) is 11.5. The number of rotatable bonds is 2. The lowest BCUT2D eigenvalue weighted by molar-refractivity contribution is 0.571. The summed E-state index contributed by atoms with van der Waals surface area (Å²) in [6.07, 6.45) is 3.61. The first-order chi connectivity index (χ1) is 9.74. The largest absolute Gasteiger partial charge is 0.355 e. The van der Waals surface area contributed by atoms with Crippen LogP contribution in [0.15, 0.2) is 24.3 Å². The van der Waals surface area contributed by atoms with Gasteiger partial charge in [-0.15, -0.1) is 10.2 Å². The summed E-state index contributed by atoms with van der Waals surface area (Å²) >= 11 is 0. The van der Waals surface area contributed by atoms with Gasteiger partial charge in [-0.2, -0.15) is 0 Å². The minimum atomic E-state index is -0.249. The van der Waals surface area contributed by atoms with E-state index in [1.165, 1.54) is 31.4 Å². The van der Waals surface area contributed by atoms with Crippen LogP contribution in [0.1, 0.15) is 25.1 Å². The predicted octanol–water partition coefficient (Wildman–Crippen LogP) is 2.98. The summed E-state index contributed by atoms with van der Waals surface area (Å²) < 4.78 is 13.1. The fraction of sp³-hybridized carbons (Fsp3) is 0.400. The van der Waals surface area contributed by atoms with E-state index in [9.17, 15) is 4.39 Å². The average Bonchev–Trinajstić information content (AvgIpc) is 2.49. The van der Waals surface area contributed by atoms with E-state index in [4.69, 9.17) is 0 Å². The molecule has 1 aromatic carbocycles. The minimum Gasteiger partial charge on any atom is -0.355 e. The number of aryl methyl sites for hydroxylation is 1. The molecule has 1 fully saturated rings. The normalized spacial score (nSPS) is 15.4. The summed E-state index contributed by atoms with van der Waals surface area (Å²) in [5.41, 5.74) is 1.59. The molecule has 0 atom stereocenters. The summed E-state index contributed by atoms with van der Waals surface area (Å²) in [7, 11) is 0. The first-order valence-corrected chi connectivity index (χ1v) is 6.96. The molecule has 0 aliphatic carbocycles. The van der Waals surface area contributed by atoms with Crippen molar-refractivity contribution in [1.29, 1.82) is 0 Å². The molecule has 4 nitrogen and oxygen atoms in total. The fourth-order valence-corrected chi connectivity index (χ4v) is 2.52. The van der Waals surface area contributed by atoms with Crippen molar-refractivity contribution >= 4 is 5.82 Å². The second-order valence-electron chi connectivity index (χ2n) is 5.09. The monoisotopic (exact) mass is 272 g/mol. The van der Waals surface area contributed by atoms with E-state index in [2.05, 4.69) is 20.1 Å². The SMILES string of the molecule is Cc1nnc(-c2ccc(F)cc2)c(N2CCCCC2)n1. The lowest BCUT2D eigenvalue weighted by Gasteiger charge is -2.28. The first kappa shape index (κ1) is 13.0. The third-order valence-electron chi connectivity index (χ3n) is 3.55. The van der Waals surface area contributed by atoms with E-state index in [1.807, 2.05) is 6.92 Å². The molecule has 20 heavy (non-hydrogen) atoms. The van der Waals surface area contributed by atoms with Gasteiger partial charge in [0.05, 0.1) is 0 Å². The summed E-state index contributed by atoms with van der Waals surface area (Å²) in [6.45, 7) is 3.83. The van der Waals surface area contributed by atoms with Crippen molar-refractivity contribution in [2.75, 3.05) is 18.0 Å². The lowest BCUT2D eigenvalue weighted by atomic mass is 10.1. The smallest absolute Gasteiger partial charge is 0.159 e. The van der Waals surface area contributed by atoms with Crippen LogP contribution in [0.3, 0.4) is 0 Å². The highest BCUT2D eigenvalue weighted by atomic mass is 19.1. The molecule has 104 valence electrons. The summed E-state index contributed by atoms with van der Waals surface area (Å²) in [4.78, 5) is 6.81. The molecule has 2 aromatic rings. The van der Waals surface area contributed by atoms with Crippen LogP contribution in [-0.4, -0.2) is 28.3 Å². The van der Waals surface area contributed by atoms with Gasteiger partial charge in [0.1, 0.15) is 17.3 Å². The maximum atomic E-state index is 13.1. The number of hydrogen-bond donors (Lipinski definition) is 0. The Hall–Kier alpha value is -2.04. The molecule has 0 N–H and O–H groups in total. The molecule has 0 radical (unpaired) electrons. The molecule has 2 heterocycles. The minimum absolute atomic E-state index is 0.249. The summed E-state index contributed by atoms with van der Waals surface area (Å²) in [5.74, 6) is 1.28. The third kappa shape index (κ3) is 2.61. The summed E-state index contributed by atoms with van der Waals surface area (Å²) in [6, 6.07) is 6.33. The van der Waals surface area contributed by atoms with E-state index in [0.29, 0.717) is 5.82 Å². The second-order valence-corrected chi connectivity index (χ2v) is 5.09. The number of aromatic nitrogens is 3. The standard InChI is InChI=1S/C15H17FN4/c1-11-17-15(20-9-3-2-4-10-20)14(19-18-11)12-5-7-13(16)8-6-12/h5-8H,2-4,9-10H2,1H3. The van der Waals surface area contributed by atoms with Crippen LogP contribution in [0.5, 0.6) is 0 Å². The van der Waals surface area contributed by atoms with Gasteiger partial charge in [0.25, 0.3) is 0 Å². The van der Waals surface area contributed by atoms with Crippen LogP contribution in [0, 0.1) is 12.7 Å². The van der Waals surface area contributed by atoms with Gasteiger partial charge >= 0.3 is 0 Å². The zero-order valence-electron chi connectivity index (χ0n) is 11.5. The molecular formula is C15H17FN4. The molecule has 0 unspecified atom stereocenters. The zero-order chi connectivity index (χ0) is 13.9. The summed E-state index contributed by atoms with van der Waals surface area (Å²) in [5, 5.41) is 8.33. The topological polar surface area (TPSA) is 41.9 Å². The van der Waals surface area contributed by atoms with Crippen molar-refractivity contribution < 1.29 is 4.39 Å². The van der Waals surface area contributed by atoms with Crippen LogP contribution in [0.4, 0.5) is 10.2 Å². The van der Waals surface area contributed by atoms with Gasteiger partial charge in [-0.25, -0.2) is 9.37 Å². The molecule has 0 spiro atoms. The highest BCUT2D eigenvalue weighted by molar-refractivity contribution is 5.71. The third-order valence-corrected chi connectivity index (χ3v) is 3.55. The maximum absolute atomic E-state index is 13.1. The Kier molecular flexibility index (Phi) is 3.58. The Morgan fingerprint density at radius 2 is 1.70 bits per heavy atom. The number of benzene rings is 1. The van der Waals surface area contributed by atoms with E-state index < -0.39 is 0 Å². The van der Waals surface area contributed by atoms with Crippen molar-refractivity contribution in [1.82, 2.24) is 15.2 Å².